The lowest BCUT2D eigenvalue weighted by molar-refractivity contribution is 0.818. The van der Waals surface area contributed by atoms with Gasteiger partial charge in [0.2, 0.25) is 0 Å². The Kier molecular flexibility index (Phi) is 2.97. The van der Waals surface area contributed by atoms with Crippen LogP contribution in [-0.2, 0) is 0 Å². The Balaban J connectivity index is 2.31. The number of hydrogen-bond acceptors (Lipinski definition) is 3. The lowest BCUT2D eigenvalue weighted by Gasteiger charge is -2.11. The first-order valence-corrected chi connectivity index (χ1v) is 5.27. The summed E-state index contributed by atoms with van der Waals surface area (Å²) in [6.45, 7) is 3.99. The molecule has 1 unspecified atom stereocenters. The van der Waals surface area contributed by atoms with Crippen LogP contribution in [0.1, 0.15) is 28.6 Å². The third-order valence-electron chi connectivity index (χ3n) is 2.55. The number of nitrogens with two attached hydrogens (primary N) is 1. The topological polar surface area (TPSA) is 51.8 Å². The average Bonchev–Trinajstić information content (AvgIpc) is 2.29. The van der Waals surface area contributed by atoms with Gasteiger partial charge in [0, 0.05) is 18.1 Å². The van der Waals surface area contributed by atoms with Gasteiger partial charge in [0.05, 0.1) is 11.7 Å². The zero-order chi connectivity index (χ0) is 11.5. The van der Waals surface area contributed by atoms with Crippen LogP contribution < -0.4 is 5.73 Å². The molecule has 0 fully saturated rings. The minimum absolute atomic E-state index is 0.201. The molecule has 2 aromatic rings. The van der Waals surface area contributed by atoms with Gasteiger partial charge in [-0.25, -0.2) is 0 Å². The van der Waals surface area contributed by atoms with E-state index in [0.717, 1.165) is 17.0 Å². The lowest BCUT2D eigenvalue weighted by Crippen LogP contribution is -2.13. The lowest BCUT2D eigenvalue weighted by atomic mass is 10.0. The van der Waals surface area contributed by atoms with Crippen LogP contribution in [0.3, 0.4) is 0 Å². The van der Waals surface area contributed by atoms with E-state index in [4.69, 9.17) is 5.73 Å². The Morgan fingerprint density at radius 1 is 1.12 bits per heavy atom. The van der Waals surface area contributed by atoms with Gasteiger partial charge >= 0.3 is 0 Å². The van der Waals surface area contributed by atoms with Crippen LogP contribution in [0.15, 0.2) is 36.7 Å². The Labute approximate surface area is 95.4 Å². The number of hydrogen-bond donors (Lipinski definition) is 1. The molecule has 0 aliphatic carbocycles. The SMILES string of the molecule is Cc1ccnc(C(N)c2ccc(C)nc2)c1. The summed E-state index contributed by atoms with van der Waals surface area (Å²) in [5.74, 6) is 0. The van der Waals surface area contributed by atoms with Crippen LogP contribution in [0.4, 0.5) is 0 Å². The highest BCUT2D eigenvalue weighted by Gasteiger charge is 2.10. The predicted molar refractivity (Wildman–Crippen MR) is 64.0 cm³/mol. The van der Waals surface area contributed by atoms with E-state index in [2.05, 4.69) is 9.97 Å². The van der Waals surface area contributed by atoms with Gasteiger partial charge in [0.25, 0.3) is 0 Å². The third kappa shape index (κ3) is 2.25. The molecule has 0 saturated heterocycles. The van der Waals surface area contributed by atoms with Crippen molar-refractivity contribution in [1.29, 1.82) is 0 Å². The summed E-state index contributed by atoms with van der Waals surface area (Å²) in [6.07, 6.45) is 3.59. The van der Waals surface area contributed by atoms with E-state index in [1.165, 1.54) is 5.56 Å². The molecule has 0 bridgehead atoms. The number of aryl methyl sites for hydroxylation is 2. The van der Waals surface area contributed by atoms with E-state index in [9.17, 15) is 0 Å². The van der Waals surface area contributed by atoms with Crippen molar-refractivity contribution in [2.24, 2.45) is 5.73 Å². The monoisotopic (exact) mass is 213 g/mol. The Bertz CT molecular complexity index is 477. The molecule has 2 heterocycles. The minimum Gasteiger partial charge on any atom is -0.319 e. The fourth-order valence-corrected chi connectivity index (χ4v) is 1.56. The van der Waals surface area contributed by atoms with Gasteiger partial charge in [0.1, 0.15) is 0 Å². The summed E-state index contributed by atoms with van der Waals surface area (Å²) in [5.41, 5.74) is 10.2. The van der Waals surface area contributed by atoms with Crippen LogP contribution in [0, 0.1) is 13.8 Å². The molecule has 1 atom stereocenters. The molecule has 0 aliphatic heterocycles. The van der Waals surface area contributed by atoms with E-state index in [1.54, 1.807) is 6.20 Å². The second kappa shape index (κ2) is 4.41. The molecule has 2 aromatic heterocycles. The van der Waals surface area contributed by atoms with Crippen molar-refractivity contribution in [1.82, 2.24) is 9.97 Å². The van der Waals surface area contributed by atoms with E-state index >= 15 is 0 Å². The number of aromatic nitrogens is 2. The smallest absolute Gasteiger partial charge is 0.0741 e. The van der Waals surface area contributed by atoms with Crippen LogP contribution >= 0.6 is 0 Å². The van der Waals surface area contributed by atoms with E-state index in [0.29, 0.717) is 0 Å². The summed E-state index contributed by atoms with van der Waals surface area (Å²) in [4.78, 5) is 8.53. The Morgan fingerprint density at radius 2 is 1.94 bits per heavy atom. The van der Waals surface area contributed by atoms with Crippen LogP contribution in [0.25, 0.3) is 0 Å². The summed E-state index contributed by atoms with van der Waals surface area (Å²) < 4.78 is 0. The molecule has 0 aromatic carbocycles. The molecule has 0 amide bonds. The van der Waals surface area contributed by atoms with E-state index < -0.39 is 0 Å². The zero-order valence-corrected chi connectivity index (χ0v) is 9.51. The standard InChI is InChI=1S/C13H15N3/c1-9-5-6-15-12(7-9)13(14)11-4-3-10(2)16-8-11/h3-8,13H,14H2,1-2H3. The molecule has 0 radical (unpaired) electrons. The summed E-state index contributed by atoms with van der Waals surface area (Å²) in [6, 6.07) is 7.73. The first-order chi connectivity index (χ1) is 7.66. The molecule has 82 valence electrons. The van der Waals surface area contributed by atoms with Gasteiger partial charge in [-0.3, -0.25) is 9.97 Å². The van der Waals surface area contributed by atoms with Gasteiger partial charge < -0.3 is 5.73 Å². The number of nitrogens with zero attached hydrogens (tertiary/aromatic N) is 2. The quantitative estimate of drug-likeness (QED) is 0.831. The van der Waals surface area contributed by atoms with Crippen molar-refractivity contribution in [2.45, 2.75) is 19.9 Å². The van der Waals surface area contributed by atoms with E-state index in [-0.39, 0.29) is 6.04 Å². The molecule has 2 N–H and O–H groups in total. The van der Waals surface area contributed by atoms with Gasteiger partial charge in [-0.15, -0.1) is 0 Å². The normalized spacial score (nSPS) is 12.4. The fraction of sp³-hybridized carbons (Fsp3) is 0.231. The highest BCUT2D eigenvalue weighted by Crippen LogP contribution is 2.17. The highest BCUT2D eigenvalue weighted by atomic mass is 14.8. The molecule has 0 saturated carbocycles. The maximum absolute atomic E-state index is 6.13. The van der Waals surface area contributed by atoms with E-state index in [1.807, 2.05) is 44.3 Å². The van der Waals surface area contributed by atoms with Crippen molar-refractivity contribution in [3.63, 3.8) is 0 Å². The van der Waals surface area contributed by atoms with Gasteiger partial charge in [0.15, 0.2) is 0 Å². The van der Waals surface area contributed by atoms with Crippen molar-refractivity contribution in [3.05, 3.63) is 59.2 Å². The van der Waals surface area contributed by atoms with Crippen molar-refractivity contribution < 1.29 is 0 Å². The molecule has 3 heteroatoms. The van der Waals surface area contributed by atoms with Crippen molar-refractivity contribution in [2.75, 3.05) is 0 Å². The summed E-state index contributed by atoms with van der Waals surface area (Å²) >= 11 is 0. The molecular weight excluding hydrogens is 198 g/mol. The van der Waals surface area contributed by atoms with Crippen LogP contribution in [0.2, 0.25) is 0 Å². The second-order valence-electron chi connectivity index (χ2n) is 3.97. The number of pyridine rings is 2. The Hall–Kier alpha value is -1.74. The fourth-order valence-electron chi connectivity index (χ4n) is 1.56. The third-order valence-corrected chi connectivity index (χ3v) is 2.55. The predicted octanol–water partition coefficient (Wildman–Crippen LogP) is 2.14. The number of rotatable bonds is 2. The highest BCUT2D eigenvalue weighted by molar-refractivity contribution is 5.27. The largest absolute Gasteiger partial charge is 0.319 e. The zero-order valence-electron chi connectivity index (χ0n) is 9.51. The maximum atomic E-state index is 6.13. The van der Waals surface area contributed by atoms with Crippen molar-refractivity contribution in [3.8, 4) is 0 Å². The Morgan fingerprint density at radius 3 is 2.56 bits per heavy atom. The first-order valence-electron chi connectivity index (χ1n) is 5.27. The second-order valence-corrected chi connectivity index (χ2v) is 3.97. The molecule has 2 rings (SSSR count). The molecule has 16 heavy (non-hydrogen) atoms. The molecule has 0 spiro atoms. The summed E-state index contributed by atoms with van der Waals surface area (Å²) in [7, 11) is 0. The van der Waals surface area contributed by atoms with Crippen LogP contribution in [0.5, 0.6) is 0 Å². The van der Waals surface area contributed by atoms with Crippen LogP contribution in [-0.4, -0.2) is 9.97 Å². The molecule has 3 nitrogen and oxygen atoms in total. The average molecular weight is 213 g/mol. The first kappa shape index (κ1) is 10.8. The van der Waals surface area contributed by atoms with Crippen molar-refractivity contribution >= 4 is 0 Å². The maximum Gasteiger partial charge on any atom is 0.0741 e. The summed E-state index contributed by atoms with van der Waals surface area (Å²) in [5, 5.41) is 0. The molecular formula is C13H15N3. The van der Waals surface area contributed by atoms with Gasteiger partial charge in [-0.05, 0) is 43.2 Å². The van der Waals surface area contributed by atoms with Gasteiger partial charge in [-0.2, -0.15) is 0 Å². The van der Waals surface area contributed by atoms with Gasteiger partial charge in [-0.1, -0.05) is 6.07 Å². The molecule has 0 aliphatic rings. The minimum atomic E-state index is -0.201.